The number of rotatable bonds is 5. The van der Waals surface area contributed by atoms with E-state index in [4.69, 9.17) is 9.84 Å². The highest BCUT2D eigenvalue weighted by Gasteiger charge is 2.22. The summed E-state index contributed by atoms with van der Waals surface area (Å²) in [6, 6.07) is 0. The van der Waals surface area contributed by atoms with E-state index in [0.29, 0.717) is 12.8 Å². The molecule has 0 saturated carbocycles. The van der Waals surface area contributed by atoms with E-state index in [1.165, 1.54) is 0 Å². The zero-order chi connectivity index (χ0) is 10.4. The van der Waals surface area contributed by atoms with Crippen molar-refractivity contribution in [2.75, 3.05) is 0 Å². The van der Waals surface area contributed by atoms with Gasteiger partial charge in [0, 0.05) is 0 Å². The minimum atomic E-state index is -1.09. The van der Waals surface area contributed by atoms with Crippen LogP contribution in [-0.4, -0.2) is 28.0 Å². The summed E-state index contributed by atoms with van der Waals surface area (Å²) < 4.78 is 4.73. The van der Waals surface area contributed by atoms with Gasteiger partial charge >= 0.3 is 11.9 Å². The second kappa shape index (κ2) is 5.96. The van der Waals surface area contributed by atoms with Crippen molar-refractivity contribution in [3.63, 3.8) is 0 Å². The molecule has 2 unspecified atom stereocenters. The fourth-order valence-corrected chi connectivity index (χ4v) is 0.837. The van der Waals surface area contributed by atoms with Crippen molar-refractivity contribution in [3.8, 4) is 0 Å². The van der Waals surface area contributed by atoms with E-state index in [1.807, 2.05) is 6.92 Å². The van der Waals surface area contributed by atoms with Gasteiger partial charge in [-0.05, 0) is 13.3 Å². The molecule has 0 aliphatic rings. The number of hydrogen-bond donors (Lipinski definition) is 1. The molecule has 0 aliphatic heterocycles. The SMILES string of the molecule is CCCC(OC(=O)C(C)Br)C(=O)O. The Bertz CT molecular complexity index is 191. The number of carboxylic acids is 1. The fraction of sp³-hybridized carbons (Fsp3) is 0.750. The van der Waals surface area contributed by atoms with Gasteiger partial charge in [0.2, 0.25) is 0 Å². The van der Waals surface area contributed by atoms with Gasteiger partial charge in [0.15, 0.2) is 6.10 Å². The maximum absolute atomic E-state index is 11.0. The van der Waals surface area contributed by atoms with Crippen LogP contribution in [-0.2, 0) is 14.3 Å². The van der Waals surface area contributed by atoms with E-state index in [1.54, 1.807) is 6.92 Å². The summed E-state index contributed by atoms with van der Waals surface area (Å²) in [6.07, 6.45) is -0.000622. The van der Waals surface area contributed by atoms with Crippen LogP contribution >= 0.6 is 15.9 Å². The van der Waals surface area contributed by atoms with Crippen LogP contribution in [0.3, 0.4) is 0 Å². The Morgan fingerprint density at radius 3 is 2.38 bits per heavy atom. The van der Waals surface area contributed by atoms with Gasteiger partial charge in [-0.2, -0.15) is 0 Å². The smallest absolute Gasteiger partial charge is 0.345 e. The van der Waals surface area contributed by atoms with Crippen LogP contribution in [0.25, 0.3) is 0 Å². The minimum absolute atomic E-state index is 0.348. The molecule has 0 radical (unpaired) electrons. The summed E-state index contributed by atoms with van der Waals surface area (Å²) in [5, 5.41) is 8.64. The van der Waals surface area contributed by atoms with E-state index in [-0.39, 0.29) is 0 Å². The van der Waals surface area contributed by atoms with Gasteiger partial charge < -0.3 is 9.84 Å². The van der Waals surface area contributed by atoms with E-state index >= 15 is 0 Å². The lowest BCUT2D eigenvalue weighted by Gasteiger charge is -2.13. The molecule has 1 N–H and O–H groups in total. The largest absolute Gasteiger partial charge is 0.479 e. The average Bonchev–Trinajstić information content (AvgIpc) is 2.03. The lowest BCUT2D eigenvalue weighted by molar-refractivity contribution is -0.163. The first-order valence-corrected chi connectivity index (χ1v) is 4.98. The van der Waals surface area contributed by atoms with E-state index in [2.05, 4.69) is 15.9 Å². The number of carboxylic acid groups (broad SMARTS) is 1. The molecule has 0 aromatic carbocycles. The van der Waals surface area contributed by atoms with Crippen molar-refractivity contribution in [1.82, 2.24) is 0 Å². The zero-order valence-electron chi connectivity index (χ0n) is 7.62. The Labute approximate surface area is 85.4 Å². The van der Waals surface area contributed by atoms with Crippen LogP contribution in [0.1, 0.15) is 26.7 Å². The van der Waals surface area contributed by atoms with Gasteiger partial charge in [0.25, 0.3) is 0 Å². The van der Waals surface area contributed by atoms with Crippen LogP contribution < -0.4 is 0 Å². The Hall–Kier alpha value is -0.580. The molecule has 0 aromatic rings. The molecule has 5 heteroatoms. The number of halogens is 1. The standard InChI is InChI=1S/C8H13BrO4/c1-3-4-6(7(10)11)13-8(12)5(2)9/h5-6H,3-4H2,1-2H3,(H,10,11). The highest BCUT2D eigenvalue weighted by Crippen LogP contribution is 2.07. The summed E-state index contributed by atoms with van der Waals surface area (Å²) in [5.41, 5.74) is 0. The van der Waals surface area contributed by atoms with Crippen LogP contribution in [0, 0.1) is 0 Å². The van der Waals surface area contributed by atoms with Crippen molar-refractivity contribution >= 4 is 27.9 Å². The molecule has 4 nitrogen and oxygen atoms in total. The van der Waals surface area contributed by atoms with Crippen LogP contribution in [0.15, 0.2) is 0 Å². The monoisotopic (exact) mass is 252 g/mol. The molecule has 0 fully saturated rings. The number of aliphatic carboxylic acids is 1. The summed E-state index contributed by atoms with van der Waals surface area (Å²) in [4.78, 5) is 21.1. The van der Waals surface area contributed by atoms with Gasteiger partial charge in [-0.3, -0.25) is 4.79 Å². The Morgan fingerprint density at radius 1 is 1.54 bits per heavy atom. The van der Waals surface area contributed by atoms with Gasteiger partial charge in [-0.15, -0.1) is 0 Å². The first-order valence-electron chi connectivity index (χ1n) is 4.06. The minimum Gasteiger partial charge on any atom is -0.479 e. The molecule has 13 heavy (non-hydrogen) atoms. The van der Waals surface area contributed by atoms with Crippen molar-refractivity contribution in [2.24, 2.45) is 0 Å². The summed E-state index contributed by atoms with van der Waals surface area (Å²) in [5.74, 6) is -1.63. The first-order chi connectivity index (χ1) is 5.99. The van der Waals surface area contributed by atoms with Gasteiger partial charge in [0.05, 0.1) is 0 Å². The highest BCUT2D eigenvalue weighted by molar-refractivity contribution is 9.10. The quantitative estimate of drug-likeness (QED) is 0.596. The van der Waals surface area contributed by atoms with E-state index in [0.717, 1.165) is 0 Å². The van der Waals surface area contributed by atoms with Crippen LogP contribution in [0.2, 0.25) is 0 Å². The summed E-state index contributed by atoms with van der Waals surface area (Å²) in [7, 11) is 0. The Morgan fingerprint density at radius 2 is 2.08 bits per heavy atom. The third kappa shape index (κ3) is 4.87. The molecule has 0 aromatic heterocycles. The van der Waals surface area contributed by atoms with Crippen molar-refractivity contribution < 1.29 is 19.4 Å². The second-order valence-electron chi connectivity index (χ2n) is 2.67. The van der Waals surface area contributed by atoms with Crippen molar-refractivity contribution in [2.45, 2.75) is 37.6 Å². The number of esters is 1. The molecule has 0 aliphatic carbocycles. The second-order valence-corrected chi connectivity index (χ2v) is 4.04. The summed E-state index contributed by atoms with van der Waals surface area (Å²) >= 11 is 3.00. The Kier molecular flexibility index (Phi) is 5.70. The molecule has 0 bridgehead atoms. The van der Waals surface area contributed by atoms with Crippen LogP contribution in [0.5, 0.6) is 0 Å². The van der Waals surface area contributed by atoms with Gasteiger partial charge in [0.1, 0.15) is 4.83 Å². The molecular formula is C8H13BrO4. The molecule has 0 spiro atoms. The molecule has 0 amide bonds. The molecule has 0 heterocycles. The van der Waals surface area contributed by atoms with Crippen LogP contribution in [0.4, 0.5) is 0 Å². The van der Waals surface area contributed by atoms with Crippen molar-refractivity contribution in [3.05, 3.63) is 0 Å². The molecule has 0 rings (SSSR count). The van der Waals surface area contributed by atoms with Crippen molar-refractivity contribution in [1.29, 1.82) is 0 Å². The topological polar surface area (TPSA) is 63.6 Å². The normalized spacial score (nSPS) is 14.7. The average molecular weight is 253 g/mol. The van der Waals surface area contributed by atoms with E-state index in [9.17, 15) is 9.59 Å². The third-order valence-corrected chi connectivity index (χ3v) is 1.78. The number of ether oxygens (including phenoxy) is 1. The predicted octanol–water partition coefficient (Wildman–Crippen LogP) is 1.57. The number of hydrogen-bond acceptors (Lipinski definition) is 3. The molecule has 2 atom stereocenters. The van der Waals surface area contributed by atoms with E-state index < -0.39 is 22.9 Å². The predicted molar refractivity (Wildman–Crippen MR) is 50.8 cm³/mol. The lowest BCUT2D eigenvalue weighted by atomic mass is 10.2. The molecule has 76 valence electrons. The fourth-order valence-electron chi connectivity index (χ4n) is 0.729. The van der Waals surface area contributed by atoms with Gasteiger partial charge in [-0.1, -0.05) is 29.3 Å². The number of alkyl halides is 1. The zero-order valence-corrected chi connectivity index (χ0v) is 9.20. The third-order valence-electron chi connectivity index (χ3n) is 1.41. The van der Waals surface area contributed by atoms with Gasteiger partial charge in [-0.25, -0.2) is 4.79 Å². The maximum atomic E-state index is 11.0. The number of carbonyl (C=O) groups is 2. The number of carbonyl (C=O) groups excluding carboxylic acids is 1. The Balaban J connectivity index is 4.10. The lowest BCUT2D eigenvalue weighted by Crippen LogP contribution is -2.29. The molecular weight excluding hydrogens is 240 g/mol. The molecule has 0 saturated heterocycles. The first kappa shape index (κ1) is 12.4. The summed E-state index contributed by atoms with van der Waals surface area (Å²) in [6.45, 7) is 3.43. The highest BCUT2D eigenvalue weighted by atomic mass is 79.9. The maximum Gasteiger partial charge on any atom is 0.345 e.